The number of rotatable bonds is 5. The number of hydrogen-bond donors (Lipinski definition) is 4. The molecule has 0 aromatic heterocycles. The molecular weight excluding hydrogens is 530 g/mol. The monoisotopic (exact) mass is 561 g/mol. The van der Waals surface area contributed by atoms with Crippen LogP contribution in [0.1, 0.15) is 24.0 Å². The highest BCUT2D eigenvalue weighted by Gasteiger charge is 2.33. The van der Waals surface area contributed by atoms with Crippen LogP contribution in [0.4, 0.5) is 0 Å². The van der Waals surface area contributed by atoms with E-state index in [9.17, 15) is 27.9 Å². The molecular formula is C26H31N3O9S. The number of carboxylic acids is 1. The second-order valence-corrected chi connectivity index (χ2v) is 11.2. The lowest BCUT2D eigenvalue weighted by atomic mass is 10.0. The average Bonchev–Trinajstić information content (AvgIpc) is 2.87. The molecule has 2 amide bonds. The highest BCUT2D eigenvalue weighted by molar-refractivity contribution is 7.88. The molecule has 1 fully saturated rings. The van der Waals surface area contributed by atoms with Gasteiger partial charge in [0.25, 0.3) is 0 Å². The molecule has 2 aliphatic rings. The summed E-state index contributed by atoms with van der Waals surface area (Å²) in [5, 5.41) is 14.9. The molecule has 4 N–H and O–H groups in total. The van der Waals surface area contributed by atoms with Crippen molar-refractivity contribution in [3.8, 4) is 11.5 Å². The molecule has 2 aromatic rings. The molecule has 13 heteroatoms. The molecule has 0 aliphatic carbocycles. The van der Waals surface area contributed by atoms with Gasteiger partial charge in [0.2, 0.25) is 21.8 Å². The van der Waals surface area contributed by atoms with Crippen molar-refractivity contribution in [2.45, 2.75) is 50.1 Å². The van der Waals surface area contributed by atoms with Crippen molar-refractivity contribution < 1.29 is 42.1 Å². The van der Waals surface area contributed by atoms with Crippen molar-refractivity contribution in [1.82, 2.24) is 15.4 Å². The lowest BCUT2D eigenvalue weighted by Crippen LogP contribution is -2.57. The van der Waals surface area contributed by atoms with Gasteiger partial charge in [0.1, 0.15) is 29.6 Å². The number of ether oxygens (including phenoxy) is 3. The van der Waals surface area contributed by atoms with Gasteiger partial charge < -0.3 is 30.0 Å². The Morgan fingerprint density at radius 1 is 0.974 bits per heavy atom. The van der Waals surface area contributed by atoms with E-state index in [1.807, 2.05) is 0 Å². The van der Waals surface area contributed by atoms with Crippen molar-refractivity contribution in [1.29, 1.82) is 0 Å². The van der Waals surface area contributed by atoms with Gasteiger partial charge in [0, 0.05) is 12.8 Å². The van der Waals surface area contributed by atoms with E-state index in [-0.39, 0.29) is 19.3 Å². The van der Waals surface area contributed by atoms with E-state index in [0.717, 1.165) is 6.26 Å². The summed E-state index contributed by atoms with van der Waals surface area (Å²) in [4.78, 5) is 38.8. The summed E-state index contributed by atoms with van der Waals surface area (Å²) in [5.41, 5.74) is 1.22. The van der Waals surface area contributed by atoms with Crippen LogP contribution in [0.3, 0.4) is 0 Å². The standard InChI is InChI=1S/C26H31N3O9S/c1-39(34,35)29-21-13-16-5-2-7-18(11-16)38-19-8-3-6-17(12-19)14-22(26(32)33)28-24(30)20(27-25(21)31)15-23-36-9-4-10-37-23/h2-3,5-8,11-12,20-23,29H,4,9-10,13-15H2,1H3,(H,27,31)(H,28,30)(H,32,33)/t20-,21-,22-/m0/s1. The van der Waals surface area contributed by atoms with E-state index < -0.39 is 52.2 Å². The Balaban J connectivity index is 1.72. The molecule has 0 spiro atoms. The van der Waals surface area contributed by atoms with Gasteiger partial charge in [0.15, 0.2) is 6.29 Å². The molecule has 12 nitrogen and oxygen atoms in total. The van der Waals surface area contributed by atoms with Gasteiger partial charge in [-0.2, -0.15) is 0 Å². The summed E-state index contributed by atoms with van der Waals surface area (Å²) in [6.07, 6.45) is 0.594. The third-order valence-electron chi connectivity index (χ3n) is 6.16. The average molecular weight is 562 g/mol. The van der Waals surface area contributed by atoms with Crippen LogP contribution in [0.25, 0.3) is 0 Å². The van der Waals surface area contributed by atoms with E-state index in [2.05, 4.69) is 15.4 Å². The minimum absolute atomic E-state index is 0.0430. The van der Waals surface area contributed by atoms with Crippen LogP contribution in [-0.4, -0.2) is 75.2 Å². The molecule has 0 saturated carbocycles. The topological polar surface area (TPSA) is 169 Å². The molecule has 2 heterocycles. The first-order chi connectivity index (χ1) is 18.6. The lowest BCUT2D eigenvalue weighted by molar-refractivity contribution is -0.185. The number of fused-ring (bicyclic) bond motifs is 4. The summed E-state index contributed by atoms with van der Waals surface area (Å²) < 4.78 is 43.6. The SMILES string of the molecule is CS(=O)(=O)N[C@H]1Cc2cccc(c2)Oc2cccc(c2)C[C@@H](C(=O)O)NC(=O)[C@H](CC2OCCCO2)NC1=O. The van der Waals surface area contributed by atoms with E-state index in [0.29, 0.717) is 42.3 Å². The highest BCUT2D eigenvalue weighted by atomic mass is 32.2. The predicted molar refractivity (Wildman–Crippen MR) is 139 cm³/mol. The van der Waals surface area contributed by atoms with Crippen molar-refractivity contribution >= 4 is 27.8 Å². The molecule has 4 rings (SSSR count). The van der Waals surface area contributed by atoms with Gasteiger partial charge in [-0.05, 0) is 48.2 Å². The zero-order chi connectivity index (χ0) is 28.0. The number of nitrogens with one attached hydrogen (secondary N) is 3. The summed E-state index contributed by atoms with van der Waals surface area (Å²) >= 11 is 0. The first kappa shape index (κ1) is 28.5. The van der Waals surface area contributed by atoms with Crippen molar-refractivity contribution in [2.75, 3.05) is 19.5 Å². The van der Waals surface area contributed by atoms with Gasteiger partial charge in [-0.3, -0.25) is 9.59 Å². The van der Waals surface area contributed by atoms with E-state index in [1.54, 1.807) is 48.5 Å². The Morgan fingerprint density at radius 3 is 2.18 bits per heavy atom. The second-order valence-electron chi connectivity index (χ2n) is 9.47. The van der Waals surface area contributed by atoms with Gasteiger partial charge in [-0.1, -0.05) is 24.3 Å². The number of aliphatic carboxylic acids is 1. The van der Waals surface area contributed by atoms with Gasteiger partial charge in [0.05, 0.1) is 19.5 Å². The smallest absolute Gasteiger partial charge is 0.326 e. The van der Waals surface area contributed by atoms with Crippen LogP contribution in [0.2, 0.25) is 0 Å². The van der Waals surface area contributed by atoms with Gasteiger partial charge >= 0.3 is 5.97 Å². The Bertz CT molecular complexity index is 1310. The van der Waals surface area contributed by atoms with Crippen LogP contribution in [0.5, 0.6) is 11.5 Å². The molecule has 0 unspecified atom stereocenters. The van der Waals surface area contributed by atoms with Crippen LogP contribution in [0.15, 0.2) is 48.5 Å². The Hall–Kier alpha value is -3.52. The minimum atomic E-state index is -3.82. The van der Waals surface area contributed by atoms with Gasteiger partial charge in [-0.25, -0.2) is 17.9 Å². The van der Waals surface area contributed by atoms with Crippen LogP contribution in [-0.2, 0) is 46.7 Å². The van der Waals surface area contributed by atoms with E-state index in [4.69, 9.17) is 14.2 Å². The molecule has 4 bridgehead atoms. The molecule has 0 radical (unpaired) electrons. The number of carbonyl (C=O) groups excluding carboxylic acids is 2. The fraction of sp³-hybridized carbons (Fsp3) is 0.423. The Kier molecular flexibility index (Phi) is 9.17. The summed E-state index contributed by atoms with van der Waals surface area (Å²) in [6.45, 7) is 0.801. The quantitative estimate of drug-likeness (QED) is 0.411. The number of carbonyl (C=O) groups is 3. The summed E-state index contributed by atoms with van der Waals surface area (Å²) in [5.74, 6) is -1.92. The third-order valence-corrected chi connectivity index (χ3v) is 6.87. The summed E-state index contributed by atoms with van der Waals surface area (Å²) in [7, 11) is -3.82. The fourth-order valence-electron chi connectivity index (χ4n) is 4.37. The van der Waals surface area contributed by atoms with Crippen molar-refractivity contribution in [3.63, 3.8) is 0 Å². The van der Waals surface area contributed by atoms with E-state index >= 15 is 0 Å². The lowest BCUT2D eigenvalue weighted by Gasteiger charge is -2.29. The second kappa shape index (κ2) is 12.6. The molecule has 2 aliphatic heterocycles. The minimum Gasteiger partial charge on any atom is -0.480 e. The fourth-order valence-corrected chi connectivity index (χ4v) is 5.07. The number of benzene rings is 2. The molecule has 210 valence electrons. The number of amides is 2. The predicted octanol–water partition coefficient (Wildman–Crippen LogP) is 0.703. The normalized spacial score (nSPS) is 23.3. The maximum absolute atomic E-state index is 13.4. The van der Waals surface area contributed by atoms with Gasteiger partial charge in [-0.15, -0.1) is 0 Å². The van der Waals surface area contributed by atoms with Crippen LogP contribution in [0, 0.1) is 0 Å². The maximum Gasteiger partial charge on any atom is 0.326 e. The van der Waals surface area contributed by atoms with E-state index in [1.165, 1.54) is 0 Å². The molecule has 2 aromatic carbocycles. The van der Waals surface area contributed by atoms with Crippen molar-refractivity contribution in [2.24, 2.45) is 0 Å². The number of hydrogen-bond acceptors (Lipinski definition) is 8. The summed E-state index contributed by atoms with van der Waals surface area (Å²) in [6, 6.07) is 9.78. The number of sulfonamides is 1. The zero-order valence-corrected chi connectivity index (χ0v) is 22.1. The molecule has 39 heavy (non-hydrogen) atoms. The Labute approximate surface area is 226 Å². The highest BCUT2D eigenvalue weighted by Crippen LogP contribution is 2.25. The van der Waals surface area contributed by atoms with Crippen molar-refractivity contribution in [3.05, 3.63) is 59.7 Å². The Morgan fingerprint density at radius 2 is 1.59 bits per heavy atom. The van der Waals surface area contributed by atoms with Crippen LogP contribution < -0.4 is 20.1 Å². The largest absolute Gasteiger partial charge is 0.480 e. The maximum atomic E-state index is 13.4. The third kappa shape index (κ3) is 8.48. The van der Waals surface area contributed by atoms with Crippen LogP contribution >= 0.6 is 0 Å². The zero-order valence-electron chi connectivity index (χ0n) is 21.3. The molecule has 3 atom stereocenters. The first-order valence-electron chi connectivity index (χ1n) is 12.5. The molecule has 1 saturated heterocycles. The number of carboxylic acid groups (broad SMARTS) is 1. The first-order valence-corrected chi connectivity index (χ1v) is 14.3.